The summed E-state index contributed by atoms with van der Waals surface area (Å²) < 4.78 is 3.85. The lowest BCUT2D eigenvalue weighted by Crippen LogP contribution is -2.39. The number of rotatable bonds is 6. The minimum absolute atomic E-state index is 0.103. The topological polar surface area (TPSA) is 123 Å². The molecule has 2 aliphatic rings. The number of amides is 2. The fourth-order valence-corrected chi connectivity index (χ4v) is 5.49. The Kier molecular flexibility index (Phi) is 6.09. The first kappa shape index (κ1) is 24.1. The Labute approximate surface area is 220 Å². The molecular weight excluding hydrogens is 480 g/mol. The highest BCUT2D eigenvalue weighted by Crippen LogP contribution is 2.40. The highest BCUT2D eigenvalue weighted by molar-refractivity contribution is 6.04. The fourth-order valence-electron chi connectivity index (χ4n) is 5.49. The van der Waals surface area contributed by atoms with Gasteiger partial charge in [-0.2, -0.15) is 5.10 Å². The van der Waals surface area contributed by atoms with Crippen LogP contribution in [0.4, 0.5) is 11.6 Å². The maximum absolute atomic E-state index is 12.9. The second-order valence-electron chi connectivity index (χ2n) is 10.3. The molecule has 0 bridgehead atoms. The summed E-state index contributed by atoms with van der Waals surface area (Å²) in [6.07, 6.45) is 8.28. The molecule has 10 nitrogen and oxygen atoms in total. The molecule has 10 heteroatoms. The van der Waals surface area contributed by atoms with Crippen molar-refractivity contribution in [1.29, 1.82) is 0 Å². The van der Waals surface area contributed by atoms with Crippen LogP contribution in [0.15, 0.2) is 42.7 Å². The van der Waals surface area contributed by atoms with E-state index in [0.29, 0.717) is 36.1 Å². The number of nitrogens with two attached hydrogens (primary N) is 1. The van der Waals surface area contributed by atoms with E-state index >= 15 is 0 Å². The second kappa shape index (κ2) is 9.59. The van der Waals surface area contributed by atoms with E-state index in [2.05, 4.69) is 15.4 Å². The lowest BCUT2D eigenvalue weighted by Gasteiger charge is -2.32. The van der Waals surface area contributed by atoms with Gasteiger partial charge in [0.25, 0.3) is 5.91 Å². The maximum Gasteiger partial charge on any atom is 0.256 e. The number of nitrogens with one attached hydrogen (secondary N) is 1. The molecular formula is C28H32N8O2. The third kappa shape index (κ3) is 4.40. The molecule has 1 saturated carbocycles. The van der Waals surface area contributed by atoms with Gasteiger partial charge in [0.05, 0.1) is 0 Å². The Balaban J connectivity index is 1.27. The Morgan fingerprint density at radius 2 is 1.92 bits per heavy atom. The number of aromatic nitrogens is 5. The molecule has 3 aromatic heterocycles. The third-order valence-electron chi connectivity index (χ3n) is 7.63. The van der Waals surface area contributed by atoms with Crippen LogP contribution < -0.4 is 11.1 Å². The van der Waals surface area contributed by atoms with Crippen molar-refractivity contribution in [2.75, 3.05) is 24.1 Å². The zero-order valence-electron chi connectivity index (χ0n) is 21.7. The summed E-state index contributed by atoms with van der Waals surface area (Å²) in [7, 11) is 1.91. The van der Waals surface area contributed by atoms with Crippen molar-refractivity contribution in [3.05, 3.63) is 59.8 Å². The number of fused-ring (bicyclic) bond motifs is 1. The number of carbonyl (C=O) groups is 2. The van der Waals surface area contributed by atoms with Crippen molar-refractivity contribution >= 4 is 29.0 Å². The van der Waals surface area contributed by atoms with Crippen molar-refractivity contribution < 1.29 is 9.59 Å². The van der Waals surface area contributed by atoms with E-state index < -0.39 is 0 Å². The van der Waals surface area contributed by atoms with Crippen molar-refractivity contribution in [2.45, 2.75) is 50.9 Å². The van der Waals surface area contributed by atoms with Crippen molar-refractivity contribution in [1.82, 2.24) is 29.0 Å². The Bertz CT molecular complexity index is 1520. The molecule has 1 saturated heterocycles. The number of carbonyl (C=O) groups excluding carboxylic acids is 2. The second-order valence-corrected chi connectivity index (χ2v) is 10.3. The predicted molar refractivity (Wildman–Crippen MR) is 145 cm³/mol. The van der Waals surface area contributed by atoms with Gasteiger partial charge in [0.15, 0.2) is 5.82 Å². The van der Waals surface area contributed by atoms with E-state index in [1.54, 1.807) is 18.3 Å². The van der Waals surface area contributed by atoms with Gasteiger partial charge in [-0.05, 0) is 37.8 Å². The van der Waals surface area contributed by atoms with Crippen molar-refractivity contribution in [3.8, 4) is 11.3 Å². The van der Waals surface area contributed by atoms with Crippen LogP contribution in [0, 0.1) is 0 Å². The number of benzene rings is 1. The molecule has 2 fully saturated rings. The molecule has 1 unspecified atom stereocenters. The fraction of sp³-hybridized carbons (Fsp3) is 0.393. The van der Waals surface area contributed by atoms with Crippen LogP contribution in [0.1, 0.15) is 72.7 Å². The number of hydrogen-bond donors (Lipinski definition) is 2. The van der Waals surface area contributed by atoms with Gasteiger partial charge in [0, 0.05) is 73.7 Å². The molecule has 4 aromatic rings. The molecule has 1 aliphatic carbocycles. The van der Waals surface area contributed by atoms with Crippen LogP contribution in [0.5, 0.6) is 0 Å². The Morgan fingerprint density at radius 1 is 1.13 bits per heavy atom. The van der Waals surface area contributed by atoms with E-state index in [1.807, 2.05) is 52.3 Å². The average molecular weight is 513 g/mol. The van der Waals surface area contributed by atoms with Gasteiger partial charge < -0.3 is 16.0 Å². The van der Waals surface area contributed by atoms with Gasteiger partial charge in [-0.3, -0.25) is 18.7 Å². The molecule has 2 amide bonds. The van der Waals surface area contributed by atoms with Crippen LogP contribution in [0.2, 0.25) is 0 Å². The summed E-state index contributed by atoms with van der Waals surface area (Å²) in [6, 6.07) is 9.30. The summed E-state index contributed by atoms with van der Waals surface area (Å²) in [5.74, 6) is 2.44. The van der Waals surface area contributed by atoms with Crippen LogP contribution in [-0.2, 0) is 11.8 Å². The molecule has 0 radical (unpaired) electrons. The maximum atomic E-state index is 12.9. The molecule has 38 heavy (non-hydrogen) atoms. The number of aryl methyl sites for hydroxylation is 1. The molecule has 3 N–H and O–H groups in total. The summed E-state index contributed by atoms with van der Waals surface area (Å²) in [5.41, 5.74) is 10.3. The first-order valence-electron chi connectivity index (χ1n) is 13.3. The van der Waals surface area contributed by atoms with Crippen LogP contribution in [0.25, 0.3) is 16.8 Å². The minimum Gasteiger partial charge on any atom is -0.382 e. The monoisotopic (exact) mass is 512 g/mol. The SMILES string of the molecule is CCC(=O)N1CCCC(c2nc(-c3ccc(C(=O)Nc4cc(C5CC5)n(C)n4)cc3)c3c(N)nccn23)C1. The molecule has 6 rings (SSSR count). The summed E-state index contributed by atoms with van der Waals surface area (Å²) >= 11 is 0. The average Bonchev–Trinajstić information content (AvgIpc) is 3.60. The Morgan fingerprint density at radius 3 is 2.66 bits per heavy atom. The lowest BCUT2D eigenvalue weighted by atomic mass is 9.97. The summed E-state index contributed by atoms with van der Waals surface area (Å²) in [5, 5.41) is 7.35. The first-order chi connectivity index (χ1) is 18.4. The molecule has 196 valence electrons. The van der Waals surface area contributed by atoms with Gasteiger partial charge in [0.1, 0.15) is 22.9 Å². The smallest absolute Gasteiger partial charge is 0.256 e. The number of imidazole rings is 1. The minimum atomic E-state index is -0.212. The van der Waals surface area contributed by atoms with Gasteiger partial charge in [-0.15, -0.1) is 0 Å². The van der Waals surface area contributed by atoms with Gasteiger partial charge in [0.2, 0.25) is 5.91 Å². The van der Waals surface area contributed by atoms with E-state index in [9.17, 15) is 9.59 Å². The zero-order chi connectivity index (χ0) is 26.4. The zero-order valence-corrected chi connectivity index (χ0v) is 21.7. The summed E-state index contributed by atoms with van der Waals surface area (Å²) in [4.78, 5) is 36.6. The van der Waals surface area contributed by atoms with E-state index in [-0.39, 0.29) is 17.7 Å². The van der Waals surface area contributed by atoms with E-state index in [0.717, 1.165) is 47.7 Å². The van der Waals surface area contributed by atoms with E-state index in [4.69, 9.17) is 10.7 Å². The molecule has 1 atom stereocenters. The quantitative estimate of drug-likeness (QED) is 0.403. The summed E-state index contributed by atoms with van der Waals surface area (Å²) in [6.45, 7) is 3.32. The highest BCUT2D eigenvalue weighted by atomic mass is 16.2. The predicted octanol–water partition coefficient (Wildman–Crippen LogP) is 3.96. The largest absolute Gasteiger partial charge is 0.382 e. The van der Waals surface area contributed by atoms with Crippen molar-refractivity contribution in [2.24, 2.45) is 7.05 Å². The number of nitrogen functional groups attached to an aromatic ring is 1. The van der Waals surface area contributed by atoms with Gasteiger partial charge in [-0.1, -0.05) is 19.1 Å². The number of nitrogens with zero attached hydrogens (tertiary/aromatic N) is 6. The standard InChI is InChI=1S/C28H32N8O2/c1-3-23(37)35-13-4-5-20(16-35)27-32-24(25-26(29)30-12-14-36(25)27)18-8-10-19(11-9-18)28(38)31-22-15-21(17-6-7-17)34(2)33-22/h8-12,14-15,17,20H,3-7,13,16H2,1-2H3,(H2,29,30)(H,31,33,38). The van der Waals surface area contributed by atoms with Gasteiger partial charge in [-0.25, -0.2) is 9.97 Å². The number of anilines is 2. The number of likely N-dealkylation sites (tertiary alicyclic amines) is 1. The highest BCUT2D eigenvalue weighted by Gasteiger charge is 2.29. The van der Waals surface area contributed by atoms with Crippen LogP contribution in [-0.4, -0.2) is 54.0 Å². The van der Waals surface area contributed by atoms with Crippen LogP contribution in [0.3, 0.4) is 0 Å². The Hall–Kier alpha value is -4.21. The normalized spacial score (nSPS) is 17.6. The first-order valence-corrected chi connectivity index (χ1v) is 13.3. The van der Waals surface area contributed by atoms with Crippen LogP contribution >= 0.6 is 0 Å². The lowest BCUT2D eigenvalue weighted by molar-refractivity contribution is -0.132. The van der Waals surface area contributed by atoms with Crippen molar-refractivity contribution in [3.63, 3.8) is 0 Å². The number of piperidine rings is 1. The third-order valence-corrected chi connectivity index (χ3v) is 7.63. The number of hydrogen-bond acceptors (Lipinski definition) is 6. The van der Waals surface area contributed by atoms with Gasteiger partial charge >= 0.3 is 0 Å². The molecule has 0 spiro atoms. The van der Waals surface area contributed by atoms with E-state index in [1.165, 1.54) is 12.8 Å². The molecule has 1 aromatic carbocycles. The molecule has 4 heterocycles. The molecule has 1 aliphatic heterocycles.